The van der Waals surface area contributed by atoms with E-state index in [0.717, 1.165) is 50.6 Å². The van der Waals surface area contributed by atoms with Gasteiger partial charge < -0.3 is 15.3 Å². The number of fused-ring (bicyclic) bond motifs is 1. The van der Waals surface area contributed by atoms with Gasteiger partial charge in [0.2, 0.25) is 5.91 Å². The maximum atomic E-state index is 12.1. The molecule has 0 spiro atoms. The highest BCUT2D eigenvalue weighted by atomic mass is 35.5. The highest BCUT2D eigenvalue weighted by Crippen LogP contribution is 2.27. The average molecular weight is 590 g/mol. The molecule has 11 heteroatoms. The number of anilines is 2. The molecule has 1 aliphatic rings. The highest BCUT2D eigenvalue weighted by molar-refractivity contribution is 6.30. The minimum atomic E-state index is -1.01. The molecule has 0 bridgehead atoms. The Bertz CT molecular complexity index is 1200. The molecule has 0 saturated carbocycles. The Morgan fingerprint density at radius 3 is 2.41 bits per heavy atom. The maximum absolute atomic E-state index is 12.1. The molecule has 4 rings (SSSR count). The van der Waals surface area contributed by atoms with Crippen molar-refractivity contribution in [3.05, 3.63) is 64.7 Å². The number of nitrogens with zero attached hydrogens (tertiary/aromatic N) is 3. The van der Waals surface area contributed by atoms with Crippen LogP contribution in [0.5, 0.6) is 0 Å². The van der Waals surface area contributed by atoms with Gasteiger partial charge in [-0.1, -0.05) is 37.1 Å². The van der Waals surface area contributed by atoms with Crippen LogP contribution in [0.25, 0.3) is 10.9 Å². The normalized spacial score (nSPS) is 13.2. The van der Waals surface area contributed by atoms with E-state index < -0.39 is 5.97 Å². The van der Waals surface area contributed by atoms with Gasteiger partial charge in [0.05, 0.1) is 11.1 Å². The predicted octanol–water partition coefficient (Wildman–Crippen LogP) is 6.30. The summed E-state index contributed by atoms with van der Waals surface area (Å²) >= 11 is 6.10. The lowest BCUT2D eigenvalue weighted by molar-refractivity contribution is -0.116. The van der Waals surface area contributed by atoms with Gasteiger partial charge in [-0.05, 0) is 48.4 Å². The predicted molar refractivity (Wildman–Crippen MR) is 158 cm³/mol. The number of pyridine rings is 1. The van der Waals surface area contributed by atoms with Gasteiger partial charge in [0.1, 0.15) is 5.82 Å². The number of piperazine rings is 1. The van der Waals surface area contributed by atoms with Gasteiger partial charge in [0.25, 0.3) is 0 Å². The molecule has 202 valence electrons. The molecular weight excluding hydrogens is 558 g/mol. The van der Waals surface area contributed by atoms with Gasteiger partial charge in [-0.3, -0.25) is 9.69 Å². The van der Waals surface area contributed by atoms with Crippen LogP contribution in [0.2, 0.25) is 5.02 Å². The smallest absolute Gasteiger partial charge is 0.336 e. The van der Waals surface area contributed by atoms with Crippen LogP contribution in [-0.2, 0) is 11.3 Å². The zero-order valence-corrected chi connectivity index (χ0v) is 23.7. The van der Waals surface area contributed by atoms with Crippen molar-refractivity contribution >= 4 is 83.1 Å². The lowest BCUT2D eigenvalue weighted by Crippen LogP contribution is -2.46. The first kappa shape index (κ1) is 32.7. The molecule has 37 heavy (non-hydrogen) atoms. The van der Waals surface area contributed by atoms with Gasteiger partial charge in [-0.15, -0.1) is 37.2 Å². The van der Waals surface area contributed by atoms with Crippen LogP contribution >= 0.6 is 48.8 Å². The summed E-state index contributed by atoms with van der Waals surface area (Å²) in [5, 5.41) is 14.0. The van der Waals surface area contributed by atoms with E-state index >= 15 is 0 Å². The van der Waals surface area contributed by atoms with Crippen molar-refractivity contribution < 1.29 is 14.7 Å². The largest absolute Gasteiger partial charge is 0.478 e. The number of halogens is 4. The number of benzene rings is 2. The van der Waals surface area contributed by atoms with Crippen LogP contribution in [0.4, 0.5) is 11.5 Å². The fraction of sp³-hybridized carbons (Fsp3) is 0.346. The second-order valence-electron chi connectivity index (χ2n) is 8.61. The van der Waals surface area contributed by atoms with Crippen LogP contribution in [0.15, 0.2) is 48.5 Å². The van der Waals surface area contributed by atoms with Gasteiger partial charge in [-0.2, -0.15) is 0 Å². The molecule has 0 atom stereocenters. The lowest BCUT2D eigenvalue weighted by atomic mass is 10.1. The van der Waals surface area contributed by atoms with E-state index in [1.807, 2.05) is 25.1 Å². The number of carbonyl (C=O) groups is 2. The number of aromatic nitrogens is 1. The number of nitrogens with one attached hydrogen (secondary N) is 1. The summed E-state index contributed by atoms with van der Waals surface area (Å²) in [6.07, 6.45) is 2.20. The highest BCUT2D eigenvalue weighted by Gasteiger charge is 2.21. The number of unbranched alkanes of at least 4 members (excludes halogenated alkanes) is 1. The summed E-state index contributed by atoms with van der Waals surface area (Å²) < 4.78 is 0. The van der Waals surface area contributed by atoms with Crippen LogP contribution in [-0.4, -0.2) is 53.0 Å². The fourth-order valence-corrected chi connectivity index (χ4v) is 4.43. The molecule has 2 N–H and O–H groups in total. The van der Waals surface area contributed by atoms with Gasteiger partial charge in [0.15, 0.2) is 0 Å². The number of amides is 1. The van der Waals surface area contributed by atoms with E-state index in [1.165, 1.54) is 5.56 Å². The van der Waals surface area contributed by atoms with Crippen molar-refractivity contribution in [3.8, 4) is 0 Å². The van der Waals surface area contributed by atoms with Crippen molar-refractivity contribution in [1.29, 1.82) is 0 Å². The van der Waals surface area contributed by atoms with E-state index in [1.54, 1.807) is 24.3 Å². The Balaban J connectivity index is 0.00000228. The number of hydrogen-bond acceptors (Lipinski definition) is 5. The molecular formula is C26H32Cl4N4O3. The zero-order chi connectivity index (χ0) is 24.1. The number of carboxylic acids is 1. The third-order valence-electron chi connectivity index (χ3n) is 6.06. The maximum Gasteiger partial charge on any atom is 0.336 e. The monoisotopic (exact) mass is 588 g/mol. The molecule has 0 radical (unpaired) electrons. The summed E-state index contributed by atoms with van der Waals surface area (Å²) in [7, 11) is 0. The molecule has 7 nitrogen and oxygen atoms in total. The first-order chi connectivity index (χ1) is 16.4. The van der Waals surface area contributed by atoms with Crippen LogP contribution in [0.1, 0.15) is 42.1 Å². The van der Waals surface area contributed by atoms with Gasteiger partial charge in [-0.25, -0.2) is 9.78 Å². The zero-order valence-electron chi connectivity index (χ0n) is 20.5. The summed E-state index contributed by atoms with van der Waals surface area (Å²) in [5.41, 5.74) is 2.55. The van der Waals surface area contributed by atoms with E-state index in [4.69, 9.17) is 16.6 Å². The second kappa shape index (κ2) is 15.2. The molecule has 1 aliphatic heterocycles. The molecule has 1 aromatic heterocycles. The molecule has 1 fully saturated rings. The molecule has 2 heterocycles. The quantitative estimate of drug-likeness (QED) is 0.320. The Labute approximate surface area is 240 Å². The summed E-state index contributed by atoms with van der Waals surface area (Å²) in [5.74, 6) is -0.423. The van der Waals surface area contributed by atoms with Crippen molar-refractivity contribution in [3.63, 3.8) is 0 Å². The molecule has 1 amide bonds. The second-order valence-corrected chi connectivity index (χ2v) is 9.05. The van der Waals surface area contributed by atoms with Crippen molar-refractivity contribution in [2.45, 2.75) is 32.7 Å². The number of carboxylic acid groups (broad SMARTS) is 1. The third-order valence-corrected chi connectivity index (χ3v) is 6.29. The number of carbonyl (C=O) groups excluding carboxylic acids is 1. The van der Waals surface area contributed by atoms with Gasteiger partial charge >= 0.3 is 5.97 Å². The van der Waals surface area contributed by atoms with Crippen molar-refractivity contribution in [1.82, 2.24) is 9.88 Å². The first-order valence-corrected chi connectivity index (χ1v) is 12.0. The minimum Gasteiger partial charge on any atom is -0.478 e. The van der Waals surface area contributed by atoms with Crippen molar-refractivity contribution in [2.24, 2.45) is 0 Å². The average Bonchev–Trinajstić information content (AvgIpc) is 2.82. The van der Waals surface area contributed by atoms with Crippen LogP contribution < -0.4 is 10.2 Å². The third kappa shape index (κ3) is 8.62. The molecule has 1 saturated heterocycles. The Morgan fingerprint density at radius 2 is 1.76 bits per heavy atom. The standard InChI is InChI=1S/C26H29ClN4O3.3ClH/c1-2-3-7-25(32)28-20-8-9-23-21(15-20)22(26(33)34)16-24(29-23)31-12-10-30(11-13-31)17-18-5-4-6-19(27)14-18;;;/h4-6,8-9,14-16H,2-3,7,10-13,17H2,1H3,(H,28,32)(H,33,34);3*1H. The fourth-order valence-electron chi connectivity index (χ4n) is 4.22. The summed E-state index contributed by atoms with van der Waals surface area (Å²) in [6.45, 7) is 6.06. The lowest BCUT2D eigenvalue weighted by Gasteiger charge is -2.35. The SMILES string of the molecule is CCCCC(=O)Nc1ccc2nc(N3CCN(Cc4cccc(Cl)c4)CC3)cc(C(=O)O)c2c1.Cl.Cl.Cl. The van der Waals surface area contributed by atoms with Gasteiger partial charge in [0, 0.05) is 55.2 Å². The Morgan fingerprint density at radius 1 is 1.03 bits per heavy atom. The first-order valence-electron chi connectivity index (χ1n) is 11.6. The summed E-state index contributed by atoms with van der Waals surface area (Å²) in [4.78, 5) is 33.4. The van der Waals surface area contributed by atoms with E-state index in [-0.39, 0.29) is 48.7 Å². The van der Waals surface area contributed by atoms with E-state index in [0.29, 0.717) is 28.8 Å². The van der Waals surface area contributed by atoms with Crippen LogP contribution in [0, 0.1) is 0 Å². The Hall–Kier alpha value is -2.29. The molecule has 3 aromatic rings. The topological polar surface area (TPSA) is 85.8 Å². The Kier molecular flexibility index (Phi) is 13.5. The molecule has 0 unspecified atom stereocenters. The number of rotatable bonds is 8. The van der Waals surface area contributed by atoms with Crippen LogP contribution in [0.3, 0.4) is 0 Å². The minimum absolute atomic E-state index is 0. The van der Waals surface area contributed by atoms with E-state index in [9.17, 15) is 14.7 Å². The summed E-state index contributed by atoms with van der Waals surface area (Å²) in [6, 6.07) is 14.8. The number of aromatic carboxylic acids is 1. The van der Waals surface area contributed by atoms with E-state index in [2.05, 4.69) is 21.2 Å². The van der Waals surface area contributed by atoms with Crippen molar-refractivity contribution in [2.75, 3.05) is 36.4 Å². The number of hydrogen-bond donors (Lipinski definition) is 2. The molecule has 2 aromatic carbocycles. The molecule has 0 aliphatic carbocycles.